The molecule has 0 amide bonds. The van der Waals surface area contributed by atoms with E-state index in [0.717, 1.165) is 22.5 Å². The van der Waals surface area contributed by atoms with E-state index in [2.05, 4.69) is 31.2 Å². The summed E-state index contributed by atoms with van der Waals surface area (Å²) < 4.78 is 11.6. The first kappa shape index (κ1) is 14.7. The molecule has 2 rings (SSSR count). The molecule has 1 N–H and O–H groups in total. The zero-order valence-corrected chi connectivity index (χ0v) is 13.0. The van der Waals surface area contributed by atoms with Crippen molar-refractivity contribution < 1.29 is 9.47 Å². The molecule has 0 aliphatic heterocycles. The van der Waals surface area contributed by atoms with Gasteiger partial charge in [0.1, 0.15) is 11.5 Å². The van der Waals surface area contributed by atoms with Crippen LogP contribution in [0.2, 0.25) is 0 Å². The molecule has 1 aromatic heterocycles. The first-order valence-electron chi connectivity index (χ1n) is 6.26. The van der Waals surface area contributed by atoms with Gasteiger partial charge in [0.25, 0.3) is 0 Å². The van der Waals surface area contributed by atoms with Crippen molar-refractivity contribution in [2.45, 2.75) is 13.5 Å². The first-order chi connectivity index (χ1) is 9.72. The van der Waals surface area contributed by atoms with E-state index < -0.39 is 0 Å². The lowest BCUT2D eigenvalue weighted by Crippen LogP contribution is -2.13. The maximum Gasteiger partial charge on any atom is 0.237 e. The smallest absolute Gasteiger partial charge is 0.237 e. The minimum Gasteiger partial charge on any atom is -0.497 e. The quantitative estimate of drug-likeness (QED) is 0.877. The second-order valence-electron chi connectivity index (χ2n) is 4.02. The molecule has 0 fully saturated rings. The van der Waals surface area contributed by atoms with Gasteiger partial charge >= 0.3 is 0 Å². The van der Waals surface area contributed by atoms with E-state index in [1.807, 2.05) is 25.1 Å². The maximum absolute atomic E-state index is 5.67. The van der Waals surface area contributed by atoms with Crippen LogP contribution in [0, 0.1) is 0 Å². The van der Waals surface area contributed by atoms with Crippen LogP contribution in [-0.2, 0) is 6.54 Å². The number of aromatic nitrogens is 2. The number of benzene rings is 1. The zero-order valence-electron chi connectivity index (χ0n) is 11.4. The van der Waals surface area contributed by atoms with E-state index in [0.29, 0.717) is 18.2 Å². The summed E-state index contributed by atoms with van der Waals surface area (Å²) in [6.07, 6.45) is 3.32. The number of rotatable bonds is 6. The molecule has 5 nitrogen and oxygen atoms in total. The Kier molecular flexibility index (Phi) is 5.31. The SMILES string of the molecule is CCNCc1cnc(Oc2ccc(OC)cc2Br)cn1. The van der Waals surface area contributed by atoms with Crippen LogP contribution in [0.25, 0.3) is 0 Å². The molecule has 0 spiro atoms. The average Bonchev–Trinajstić information content (AvgIpc) is 2.48. The predicted molar refractivity (Wildman–Crippen MR) is 80.2 cm³/mol. The van der Waals surface area contributed by atoms with Crippen LogP contribution in [0.3, 0.4) is 0 Å². The number of nitrogens with zero attached hydrogens (tertiary/aromatic N) is 2. The topological polar surface area (TPSA) is 56.3 Å². The van der Waals surface area contributed by atoms with Crippen molar-refractivity contribution in [3.63, 3.8) is 0 Å². The molecule has 0 bridgehead atoms. The molecule has 2 aromatic rings. The number of halogens is 1. The van der Waals surface area contributed by atoms with E-state index in [9.17, 15) is 0 Å². The molecule has 0 aliphatic carbocycles. The van der Waals surface area contributed by atoms with Crippen molar-refractivity contribution in [1.29, 1.82) is 0 Å². The maximum atomic E-state index is 5.67. The Labute approximate surface area is 126 Å². The van der Waals surface area contributed by atoms with Crippen molar-refractivity contribution in [3.05, 3.63) is 40.8 Å². The molecular formula is C14H16BrN3O2. The lowest BCUT2D eigenvalue weighted by Gasteiger charge is -2.08. The van der Waals surface area contributed by atoms with Gasteiger partial charge in [-0.3, -0.25) is 4.98 Å². The summed E-state index contributed by atoms with van der Waals surface area (Å²) in [5, 5.41) is 3.19. The van der Waals surface area contributed by atoms with E-state index in [1.54, 1.807) is 19.5 Å². The van der Waals surface area contributed by atoms with E-state index in [1.165, 1.54) is 0 Å². The second kappa shape index (κ2) is 7.21. The molecule has 0 unspecified atom stereocenters. The molecule has 0 aliphatic rings. The molecule has 0 saturated carbocycles. The number of ether oxygens (including phenoxy) is 2. The lowest BCUT2D eigenvalue weighted by atomic mass is 10.3. The summed E-state index contributed by atoms with van der Waals surface area (Å²) in [7, 11) is 1.62. The van der Waals surface area contributed by atoms with Crippen LogP contribution >= 0.6 is 15.9 Å². The van der Waals surface area contributed by atoms with Crippen LogP contribution in [0.5, 0.6) is 17.4 Å². The van der Waals surface area contributed by atoms with Crippen LogP contribution in [0.4, 0.5) is 0 Å². The summed E-state index contributed by atoms with van der Waals surface area (Å²) in [4.78, 5) is 8.52. The average molecular weight is 338 g/mol. The molecular weight excluding hydrogens is 322 g/mol. The third-order valence-corrected chi connectivity index (χ3v) is 3.21. The minimum atomic E-state index is 0.455. The highest BCUT2D eigenvalue weighted by atomic mass is 79.9. The fourth-order valence-corrected chi connectivity index (χ4v) is 1.98. The lowest BCUT2D eigenvalue weighted by molar-refractivity contribution is 0.411. The van der Waals surface area contributed by atoms with E-state index in [4.69, 9.17) is 9.47 Å². The standard InChI is InChI=1S/C14H16BrN3O2/c1-3-16-7-10-8-18-14(9-17-10)20-13-5-4-11(19-2)6-12(13)15/h4-6,8-9,16H,3,7H2,1-2H3. The Morgan fingerprint density at radius 3 is 2.70 bits per heavy atom. The van der Waals surface area contributed by atoms with Crippen molar-refractivity contribution in [3.8, 4) is 17.4 Å². The highest BCUT2D eigenvalue weighted by molar-refractivity contribution is 9.10. The van der Waals surface area contributed by atoms with Gasteiger partial charge < -0.3 is 14.8 Å². The fraction of sp³-hybridized carbons (Fsp3) is 0.286. The third kappa shape index (κ3) is 3.91. The highest BCUT2D eigenvalue weighted by Crippen LogP contribution is 2.31. The van der Waals surface area contributed by atoms with Crippen LogP contribution in [0.15, 0.2) is 35.1 Å². The van der Waals surface area contributed by atoms with Gasteiger partial charge in [-0.05, 0) is 40.7 Å². The molecule has 6 heteroatoms. The second-order valence-corrected chi connectivity index (χ2v) is 4.88. The van der Waals surface area contributed by atoms with E-state index in [-0.39, 0.29) is 0 Å². The molecule has 1 aromatic carbocycles. The predicted octanol–water partition coefficient (Wildman–Crippen LogP) is 3.15. The van der Waals surface area contributed by atoms with Crippen LogP contribution < -0.4 is 14.8 Å². The molecule has 0 radical (unpaired) electrons. The van der Waals surface area contributed by atoms with Gasteiger partial charge in [-0.25, -0.2) is 4.98 Å². The normalized spacial score (nSPS) is 10.3. The van der Waals surface area contributed by atoms with Gasteiger partial charge in [0.05, 0.1) is 29.7 Å². The van der Waals surface area contributed by atoms with Gasteiger partial charge in [0, 0.05) is 6.54 Å². The minimum absolute atomic E-state index is 0.455. The number of methoxy groups -OCH3 is 1. The molecule has 0 saturated heterocycles. The Morgan fingerprint density at radius 2 is 2.10 bits per heavy atom. The molecule has 20 heavy (non-hydrogen) atoms. The van der Waals surface area contributed by atoms with Gasteiger partial charge in [0.15, 0.2) is 0 Å². The Morgan fingerprint density at radius 1 is 1.25 bits per heavy atom. The molecule has 0 atom stereocenters. The Balaban J connectivity index is 2.06. The fourth-order valence-electron chi connectivity index (χ4n) is 1.54. The van der Waals surface area contributed by atoms with E-state index >= 15 is 0 Å². The molecule has 106 valence electrons. The van der Waals surface area contributed by atoms with Crippen molar-refractivity contribution in [1.82, 2.24) is 15.3 Å². The summed E-state index contributed by atoms with van der Waals surface area (Å²) in [5.74, 6) is 1.88. The molecule has 1 heterocycles. The summed E-state index contributed by atoms with van der Waals surface area (Å²) in [6.45, 7) is 3.65. The largest absolute Gasteiger partial charge is 0.497 e. The summed E-state index contributed by atoms with van der Waals surface area (Å²) in [6, 6.07) is 5.48. The van der Waals surface area contributed by atoms with Crippen LogP contribution in [0.1, 0.15) is 12.6 Å². The first-order valence-corrected chi connectivity index (χ1v) is 7.05. The Hall–Kier alpha value is -1.66. The van der Waals surface area contributed by atoms with Gasteiger partial charge in [-0.1, -0.05) is 6.92 Å². The summed E-state index contributed by atoms with van der Waals surface area (Å²) >= 11 is 3.43. The van der Waals surface area contributed by atoms with Crippen molar-refractivity contribution in [2.75, 3.05) is 13.7 Å². The highest BCUT2D eigenvalue weighted by Gasteiger charge is 2.06. The number of hydrogen-bond acceptors (Lipinski definition) is 5. The number of nitrogens with one attached hydrogen (secondary N) is 1. The van der Waals surface area contributed by atoms with Gasteiger partial charge in [-0.2, -0.15) is 0 Å². The third-order valence-electron chi connectivity index (χ3n) is 2.59. The van der Waals surface area contributed by atoms with Gasteiger partial charge in [-0.15, -0.1) is 0 Å². The van der Waals surface area contributed by atoms with Gasteiger partial charge in [0.2, 0.25) is 5.88 Å². The van der Waals surface area contributed by atoms with Crippen molar-refractivity contribution in [2.24, 2.45) is 0 Å². The van der Waals surface area contributed by atoms with Crippen molar-refractivity contribution >= 4 is 15.9 Å². The zero-order chi connectivity index (χ0) is 14.4. The monoisotopic (exact) mass is 337 g/mol. The summed E-state index contributed by atoms with van der Waals surface area (Å²) in [5.41, 5.74) is 0.882. The van der Waals surface area contributed by atoms with Crippen LogP contribution in [-0.4, -0.2) is 23.6 Å². The number of hydrogen-bond donors (Lipinski definition) is 1. The Bertz CT molecular complexity index is 561.